The fourth-order valence-corrected chi connectivity index (χ4v) is 3.16. The highest BCUT2D eigenvalue weighted by atomic mass is 15.1. The van der Waals surface area contributed by atoms with Crippen molar-refractivity contribution in [1.82, 2.24) is 0 Å². The first-order valence-electron chi connectivity index (χ1n) is 8.16. The van der Waals surface area contributed by atoms with Gasteiger partial charge in [0, 0.05) is 17.6 Å². The van der Waals surface area contributed by atoms with E-state index in [1.807, 2.05) is 18.2 Å². The van der Waals surface area contributed by atoms with Crippen molar-refractivity contribution in [3.63, 3.8) is 0 Å². The molecule has 0 aliphatic heterocycles. The lowest BCUT2D eigenvalue weighted by atomic mass is 10.0. The van der Waals surface area contributed by atoms with Gasteiger partial charge in [-0.3, -0.25) is 4.99 Å². The molecule has 0 unspecified atom stereocenters. The highest BCUT2D eigenvalue weighted by molar-refractivity contribution is 6.11. The van der Waals surface area contributed by atoms with Gasteiger partial charge in [0.2, 0.25) is 0 Å². The molecule has 0 amide bonds. The van der Waals surface area contributed by atoms with Crippen LogP contribution < -0.4 is 11.1 Å². The topological polar surface area (TPSA) is 50.4 Å². The smallest absolute Gasteiger partial charge is 0.193 e. The van der Waals surface area contributed by atoms with Crippen LogP contribution in [0.15, 0.2) is 65.7 Å². The third-order valence-corrected chi connectivity index (χ3v) is 4.34. The van der Waals surface area contributed by atoms with Crippen LogP contribution in [0.3, 0.4) is 0 Å². The Morgan fingerprint density at radius 3 is 2.50 bits per heavy atom. The molecule has 3 aromatic carbocycles. The summed E-state index contributed by atoms with van der Waals surface area (Å²) in [6.07, 6.45) is 5.19. The van der Waals surface area contributed by atoms with Crippen LogP contribution in [-0.4, -0.2) is 12.5 Å². The Morgan fingerprint density at radius 2 is 1.67 bits per heavy atom. The van der Waals surface area contributed by atoms with Crippen LogP contribution in [0.25, 0.3) is 22.9 Å². The molecule has 3 aromatic rings. The molecule has 3 heteroatoms. The summed E-state index contributed by atoms with van der Waals surface area (Å²) in [5, 5.41) is 5.71. The number of hydrogen-bond acceptors (Lipinski definition) is 1. The number of guanidine groups is 1. The van der Waals surface area contributed by atoms with Crippen LogP contribution >= 0.6 is 0 Å². The van der Waals surface area contributed by atoms with Gasteiger partial charge >= 0.3 is 0 Å². The lowest BCUT2D eigenvalue weighted by molar-refractivity contribution is 0.965. The van der Waals surface area contributed by atoms with E-state index in [4.69, 9.17) is 5.73 Å². The second kappa shape index (κ2) is 6.20. The lowest BCUT2D eigenvalue weighted by Gasteiger charge is -2.11. The van der Waals surface area contributed by atoms with E-state index < -0.39 is 0 Å². The highest BCUT2D eigenvalue weighted by Crippen LogP contribution is 2.35. The number of benzene rings is 3. The Balaban J connectivity index is 1.51. The van der Waals surface area contributed by atoms with Gasteiger partial charge < -0.3 is 11.1 Å². The van der Waals surface area contributed by atoms with Gasteiger partial charge in [-0.2, -0.15) is 0 Å². The van der Waals surface area contributed by atoms with Crippen molar-refractivity contribution in [1.29, 1.82) is 0 Å². The van der Waals surface area contributed by atoms with Crippen molar-refractivity contribution in [3.05, 3.63) is 77.4 Å². The van der Waals surface area contributed by atoms with Gasteiger partial charge in [-0.15, -0.1) is 0 Å². The summed E-state index contributed by atoms with van der Waals surface area (Å²) in [4.78, 5) is 4.45. The molecule has 0 heterocycles. The van der Waals surface area contributed by atoms with Crippen molar-refractivity contribution >= 4 is 34.6 Å². The van der Waals surface area contributed by atoms with E-state index >= 15 is 0 Å². The predicted octanol–water partition coefficient (Wildman–Crippen LogP) is 4.29. The van der Waals surface area contributed by atoms with Gasteiger partial charge in [0.05, 0.1) is 0 Å². The van der Waals surface area contributed by atoms with Crippen LogP contribution in [0, 0.1) is 0 Å². The number of hydrogen-bond donors (Lipinski definition) is 2. The van der Waals surface area contributed by atoms with E-state index in [0.717, 1.165) is 12.1 Å². The zero-order chi connectivity index (χ0) is 16.4. The van der Waals surface area contributed by atoms with E-state index in [-0.39, 0.29) is 0 Å². The Morgan fingerprint density at radius 1 is 0.875 bits per heavy atom. The minimum atomic E-state index is 0.456. The minimum Gasteiger partial charge on any atom is -0.370 e. The van der Waals surface area contributed by atoms with Gasteiger partial charge in [-0.1, -0.05) is 66.7 Å². The maximum absolute atomic E-state index is 6.08. The average Bonchev–Trinajstić information content (AvgIpc) is 3.03. The van der Waals surface area contributed by atoms with Gasteiger partial charge in [-0.25, -0.2) is 0 Å². The Labute approximate surface area is 141 Å². The third-order valence-electron chi connectivity index (χ3n) is 4.34. The summed E-state index contributed by atoms with van der Waals surface area (Å²) in [7, 11) is 0. The fraction of sp³-hybridized carbons (Fsp3) is 0.0952. The normalized spacial score (nSPS) is 12.8. The SMILES string of the molecule is NC(=NCCc1ccccc1)Nc1ccc2c3c(cccc13)C=C2. The molecule has 0 radical (unpaired) electrons. The molecule has 0 bridgehead atoms. The quantitative estimate of drug-likeness (QED) is 0.436. The maximum Gasteiger partial charge on any atom is 0.193 e. The maximum atomic E-state index is 6.08. The Kier molecular flexibility index (Phi) is 3.75. The fourth-order valence-electron chi connectivity index (χ4n) is 3.16. The summed E-state index contributed by atoms with van der Waals surface area (Å²) < 4.78 is 0. The van der Waals surface area contributed by atoms with Crippen LogP contribution in [0.2, 0.25) is 0 Å². The van der Waals surface area contributed by atoms with Crippen molar-refractivity contribution in [2.45, 2.75) is 6.42 Å². The molecule has 3 N–H and O–H groups in total. The molecule has 0 aromatic heterocycles. The number of nitrogens with one attached hydrogen (secondary N) is 1. The first-order chi connectivity index (χ1) is 11.8. The molecule has 1 aliphatic rings. The van der Waals surface area contributed by atoms with Crippen molar-refractivity contribution in [2.75, 3.05) is 11.9 Å². The van der Waals surface area contributed by atoms with E-state index in [1.165, 1.54) is 27.5 Å². The molecule has 24 heavy (non-hydrogen) atoms. The molecule has 3 nitrogen and oxygen atoms in total. The minimum absolute atomic E-state index is 0.456. The van der Waals surface area contributed by atoms with Crippen LogP contribution in [-0.2, 0) is 6.42 Å². The van der Waals surface area contributed by atoms with Crippen molar-refractivity contribution in [2.24, 2.45) is 10.7 Å². The summed E-state index contributed by atoms with van der Waals surface area (Å²) >= 11 is 0. The molecular formula is C21H19N3. The van der Waals surface area contributed by atoms with Crippen LogP contribution in [0.5, 0.6) is 0 Å². The predicted molar refractivity (Wildman–Crippen MR) is 103 cm³/mol. The molecule has 1 aliphatic carbocycles. The number of anilines is 1. The molecule has 0 atom stereocenters. The summed E-state index contributed by atoms with van der Waals surface area (Å²) in [5.41, 5.74) is 10.9. The van der Waals surface area contributed by atoms with E-state index in [2.05, 4.69) is 64.9 Å². The summed E-state index contributed by atoms with van der Waals surface area (Å²) in [6.45, 7) is 0.672. The van der Waals surface area contributed by atoms with Crippen LogP contribution in [0.4, 0.5) is 5.69 Å². The second-order valence-electron chi connectivity index (χ2n) is 5.93. The molecule has 4 rings (SSSR count). The molecular weight excluding hydrogens is 294 g/mol. The summed E-state index contributed by atoms with van der Waals surface area (Å²) in [5.74, 6) is 0.456. The first-order valence-corrected chi connectivity index (χ1v) is 8.16. The zero-order valence-corrected chi connectivity index (χ0v) is 13.4. The molecule has 0 fully saturated rings. The van der Waals surface area contributed by atoms with Crippen molar-refractivity contribution in [3.8, 4) is 0 Å². The van der Waals surface area contributed by atoms with Gasteiger partial charge in [0.15, 0.2) is 5.96 Å². The monoisotopic (exact) mass is 313 g/mol. The first kappa shape index (κ1) is 14.5. The summed E-state index contributed by atoms with van der Waals surface area (Å²) in [6, 6.07) is 20.8. The number of rotatable bonds is 4. The zero-order valence-electron chi connectivity index (χ0n) is 13.4. The van der Waals surface area contributed by atoms with E-state index in [1.54, 1.807) is 0 Å². The van der Waals surface area contributed by atoms with E-state index in [0.29, 0.717) is 12.5 Å². The van der Waals surface area contributed by atoms with E-state index in [9.17, 15) is 0 Å². The lowest BCUT2D eigenvalue weighted by Crippen LogP contribution is -2.23. The largest absolute Gasteiger partial charge is 0.370 e. The second-order valence-corrected chi connectivity index (χ2v) is 5.93. The van der Waals surface area contributed by atoms with Crippen molar-refractivity contribution < 1.29 is 0 Å². The Bertz CT molecular complexity index is 928. The number of nitrogens with two attached hydrogens (primary N) is 1. The third kappa shape index (κ3) is 2.76. The number of aliphatic imine (C=N–C) groups is 1. The molecule has 0 saturated carbocycles. The standard InChI is InChI=1S/C21H19N3/c22-21(23-14-13-15-5-2-1-3-6-15)24-19-12-11-17-10-9-16-7-4-8-18(19)20(16)17/h1-12H,13-14H2,(H3,22,23,24). The number of nitrogens with zero attached hydrogens (tertiary/aromatic N) is 1. The van der Waals surface area contributed by atoms with Gasteiger partial charge in [0.25, 0.3) is 0 Å². The average molecular weight is 313 g/mol. The van der Waals surface area contributed by atoms with Crippen LogP contribution in [0.1, 0.15) is 16.7 Å². The van der Waals surface area contributed by atoms with Gasteiger partial charge in [0.1, 0.15) is 0 Å². The Hall–Kier alpha value is -3.07. The van der Waals surface area contributed by atoms with Gasteiger partial charge in [-0.05, 0) is 34.6 Å². The highest BCUT2D eigenvalue weighted by Gasteiger charge is 2.11. The molecule has 0 saturated heterocycles. The molecule has 0 spiro atoms. The molecule has 118 valence electrons.